The highest BCUT2D eigenvalue weighted by Crippen LogP contribution is 2.24. The minimum Gasteiger partial charge on any atom is -0.383 e. The van der Waals surface area contributed by atoms with Crippen LogP contribution in [0.4, 0.5) is 5.95 Å². The van der Waals surface area contributed by atoms with E-state index >= 15 is 0 Å². The van der Waals surface area contributed by atoms with E-state index < -0.39 is 0 Å². The number of nitrogens with one attached hydrogen (secondary N) is 1. The van der Waals surface area contributed by atoms with Crippen LogP contribution >= 0.6 is 0 Å². The number of amides is 1. The number of hydrogen-bond donors (Lipinski definition) is 1. The third-order valence-electron chi connectivity index (χ3n) is 4.02. The second-order valence-corrected chi connectivity index (χ2v) is 5.69. The number of anilines is 1. The molecule has 0 aliphatic carbocycles. The van der Waals surface area contributed by atoms with Crippen molar-refractivity contribution < 1.29 is 9.53 Å². The van der Waals surface area contributed by atoms with Crippen molar-refractivity contribution in [3.63, 3.8) is 0 Å². The Hall–Kier alpha value is -1.69. The Balaban J connectivity index is 2.16. The van der Waals surface area contributed by atoms with Gasteiger partial charge in [-0.1, -0.05) is 6.92 Å². The SMILES string of the molecule is CCC1CCCCN1c1nc(C)cc(C(=O)NCCOC)n1. The van der Waals surface area contributed by atoms with E-state index in [9.17, 15) is 4.79 Å². The van der Waals surface area contributed by atoms with Crippen LogP contribution in [0.1, 0.15) is 48.8 Å². The molecule has 1 fully saturated rings. The lowest BCUT2D eigenvalue weighted by Crippen LogP contribution is -2.40. The molecular formula is C16H26N4O2. The molecular weight excluding hydrogens is 280 g/mol. The summed E-state index contributed by atoms with van der Waals surface area (Å²) in [5.74, 6) is 0.511. The molecule has 2 rings (SSSR count). The maximum atomic E-state index is 12.2. The van der Waals surface area contributed by atoms with Gasteiger partial charge in [-0.2, -0.15) is 0 Å². The van der Waals surface area contributed by atoms with Crippen molar-refractivity contribution in [2.24, 2.45) is 0 Å². The normalized spacial score (nSPS) is 18.3. The minimum atomic E-state index is -0.172. The maximum absolute atomic E-state index is 12.2. The van der Waals surface area contributed by atoms with Gasteiger partial charge in [-0.25, -0.2) is 9.97 Å². The lowest BCUT2D eigenvalue weighted by Gasteiger charge is -2.35. The molecule has 1 atom stereocenters. The van der Waals surface area contributed by atoms with Crippen molar-refractivity contribution in [3.05, 3.63) is 17.5 Å². The van der Waals surface area contributed by atoms with E-state index in [-0.39, 0.29) is 5.91 Å². The molecule has 1 saturated heterocycles. The molecule has 0 aromatic carbocycles. The van der Waals surface area contributed by atoms with Gasteiger partial charge >= 0.3 is 0 Å². The largest absolute Gasteiger partial charge is 0.383 e. The van der Waals surface area contributed by atoms with Crippen molar-refractivity contribution in [2.45, 2.75) is 45.6 Å². The van der Waals surface area contributed by atoms with Gasteiger partial charge in [0.15, 0.2) is 0 Å². The molecule has 1 N–H and O–H groups in total. The Kier molecular flexibility index (Phi) is 6.12. The molecule has 1 aliphatic rings. The van der Waals surface area contributed by atoms with Crippen LogP contribution in [0.25, 0.3) is 0 Å². The van der Waals surface area contributed by atoms with Crippen LogP contribution in [0.2, 0.25) is 0 Å². The number of carbonyl (C=O) groups excluding carboxylic acids is 1. The molecule has 22 heavy (non-hydrogen) atoms. The molecule has 0 radical (unpaired) electrons. The van der Waals surface area contributed by atoms with Crippen LogP contribution in [0, 0.1) is 6.92 Å². The summed E-state index contributed by atoms with van der Waals surface area (Å²) >= 11 is 0. The van der Waals surface area contributed by atoms with Crippen LogP contribution in [0.3, 0.4) is 0 Å². The summed E-state index contributed by atoms with van der Waals surface area (Å²) in [7, 11) is 1.61. The molecule has 1 aliphatic heterocycles. The van der Waals surface area contributed by atoms with E-state index in [4.69, 9.17) is 4.74 Å². The van der Waals surface area contributed by atoms with Gasteiger partial charge in [0.1, 0.15) is 5.69 Å². The number of carbonyl (C=O) groups is 1. The number of methoxy groups -OCH3 is 1. The van der Waals surface area contributed by atoms with Gasteiger partial charge in [-0.05, 0) is 38.7 Å². The van der Waals surface area contributed by atoms with Crippen molar-refractivity contribution in [1.29, 1.82) is 0 Å². The third-order valence-corrected chi connectivity index (χ3v) is 4.02. The molecule has 2 heterocycles. The molecule has 0 spiro atoms. The molecule has 1 aromatic heterocycles. The number of aromatic nitrogens is 2. The smallest absolute Gasteiger partial charge is 0.270 e. The first-order valence-electron chi connectivity index (χ1n) is 8.05. The molecule has 0 bridgehead atoms. The average Bonchev–Trinajstić information content (AvgIpc) is 2.54. The maximum Gasteiger partial charge on any atom is 0.270 e. The summed E-state index contributed by atoms with van der Waals surface area (Å²) < 4.78 is 4.94. The Bertz CT molecular complexity index is 507. The second kappa shape index (κ2) is 8.08. The van der Waals surface area contributed by atoms with Gasteiger partial charge < -0.3 is 15.0 Å². The fourth-order valence-electron chi connectivity index (χ4n) is 2.84. The number of rotatable bonds is 6. The van der Waals surface area contributed by atoms with E-state index in [1.165, 1.54) is 12.8 Å². The lowest BCUT2D eigenvalue weighted by atomic mass is 10.0. The number of nitrogens with zero attached hydrogens (tertiary/aromatic N) is 3. The predicted molar refractivity (Wildman–Crippen MR) is 86.3 cm³/mol. The van der Waals surface area contributed by atoms with E-state index in [1.807, 2.05) is 6.92 Å². The number of ether oxygens (including phenoxy) is 1. The molecule has 1 unspecified atom stereocenters. The van der Waals surface area contributed by atoms with E-state index in [2.05, 4.69) is 27.1 Å². The fourth-order valence-corrected chi connectivity index (χ4v) is 2.84. The third kappa shape index (κ3) is 4.16. The number of hydrogen-bond acceptors (Lipinski definition) is 5. The molecule has 1 aromatic rings. The summed E-state index contributed by atoms with van der Waals surface area (Å²) in [6.45, 7) is 6.04. The van der Waals surface area contributed by atoms with Crippen LogP contribution < -0.4 is 10.2 Å². The Morgan fingerprint density at radius 2 is 2.27 bits per heavy atom. The van der Waals surface area contributed by atoms with Gasteiger partial charge in [0.25, 0.3) is 5.91 Å². The standard InChI is InChI=1S/C16H26N4O2/c1-4-13-7-5-6-9-20(13)16-18-12(2)11-14(19-16)15(21)17-8-10-22-3/h11,13H,4-10H2,1-3H3,(H,17,21). The number of piperidine rings is 1. The van der Waals surface area contributed by atoms with Crippen LogP contribution in [-0.4, -0.2) is 48.7 Å². The molecule has 0 saturated carbocycles. The zero-order chi connectivity index (χ0) is 15.9. The first kappa shape index (κ1) is 16.7. The molecule has 1 amide bonds. The van der Waals surface area contributed by atoms with Gasteiger partial charge in [0.05, 0.1) is 6.61 Å². The highest BCUT2D eigenvalue weighted by Gasteiger charge is 2.24. The first-order valence-corrected chi connectivity index (χ1v) is 8.05. The van der Waals surface area contributed by atoms with Crippen molar-refractivity contribution >= 4 is 11.9 Å². The van der Waals surface area contributed by atoms with Gasteiger partial charge in [0.2, 0.25) is 5.95 Å². The summed E-state index contributed by atoms with van der Waals surface area (Å²) in [5, 5.41) is 2.81. The zero-order valence-electron chi connectivity index (χ0n) is 13.8. The Labute approximate surface area is 132 Å². The van der Waals surface area contributed by atoms with Gasteiger partial charge in [-0.15, -0.1) is 0 Å². The second-order valence-electron chi connectivity index (χ2n) is 5.69. The van der Waals surface area contributed by atoms with Crippen LogP contribution in [0.5, 0.6) is 0 Å². The van der Waals surface area contributed by atoms with Crippen molar-refractivity contribution in [2.75, 3.05) is 31.7 Å². The number of aryl methyl sites for hydroxylation is 1. The van der Waals surface area contributed by atoms with Crippen LogP contribution in [-0.2, 0) is 4.74 Å². The van der Waals surface area contributed by atoms with Gasteiger partial charge in [0, 0.05) is 31.9 Å². The highest BCUT2D eigenvalue weighted by molar-refractivity contribution is 5.92. The topological polar surface area (TPSA) is 67.4 Å². The van der Waals surface area contributed by atoms with Crippen molar-refractivity contribution in [3.8, 4) is 0 Å². The summed E-state index contributed by atoms with van der Waals surface area (Å²) in [6.07, 6.45) is 4.66. The minimum absolute atomic E-state index is 0.172. The van der Waals surface area contributed by atoms with E-state index in [0.29, 0.717) is 30.8 Å². The summed E-state index contributed by atoms with van der Waals surface area (Å²) in [6, 6.07) is 2.20. The molecule has 122 valence electrons. The summed E-state index contributed by atoms with van der Waals surface area (Å²) in [5.41, 5.74) is 1.25. The summed E-state index contributed by atoms with van der Waals surface area (Å²) in [4.78, 5) is 23.5. The van der Waals surface area contributed by atoms with E-state index in [1.54, 1.807) is 13.2 Å². The average molecular weight is 306 g/mol. The lowest BCUT2D eigenvalue weighted by molar-refractivity contribution is 0.0932. The quantitative estimate of drug-likeness (QED) is 0.813. The molecule has 6 nitrogen and oxygen atoms in total. The van der Waals surface area contributed by atoms with Crippen LogP contribution in [0.15, 0.2) is 6.07 Å². The zero-order valence-corrected chi connectivity index (χ0v) is 13.8. The monoisotopic (exact) mass is 306 g/mol. The molecule has 6 heteroatoms. The van der Waals surface area contributed by atoms with Crippen molar-refractivity contribution in [1.82, 2.24) is 15.3 Å². The Morgan fingerprint density at radius 1 is 1.45 bits per heavy atom. The predicted octanol–water partition coefficient (Wildman–Crippen LogP) is 1.93. The van der Waals surface area contributed by atoms with Gasteiger partial charge in [-0.3, -0.25) is 4.79 Å². The first-order chi connectivity index (χ1) is 10.7. The van der Waals surface area contributed by atoms with E-state index in [0.717, 1.165) is 25.1 Å². The fraction of sp³-hybridized carbons (Fsp3) is 0.688. The Morgan fingerprint density at radius 3 is 3.00 bits per heavy atom. The highest BCUT2D eigenvalue weighted by atomic mass is 16.5.